The molecule has 0 unspecified atom stereocenters. The first-order valence-corrected chi connectivity index (χ1v) is 8.24. The number of nitrogens with zero attached hydrogens (tertiary/aromatic N) is 2. The average Bonchev–Trinajstić information content (AvgIpc) is 2.93. The molecule has 3 aromatic rings. The lowest BCUT2D eigenvalue weighted by molar-refractivity contribution is -0.123. The van der Waals surface area contributed by atoms with Gasteiger partial charge in [-0.3, -0.25) is 4.79 Å². The quantitative estimate of drug-likeness (QED) is 0.766. The SMILES string of the molecule is Cc1nc2ccccc2n1CC(=O)N[C@H]1c2ccccc2OC[C@H]1O. The minimum Gasteiger partial charge on any atom is -0.490 e. The second-order valence-electron chi connectivity index (χ2n) is 6.20. The number of aliphatic hydroxyl groups excluding tert-OH is 1. The summed E-state index contributed by atoms with van der Waals surface area (Å²) in [5.74, 6) is 1.30. The van der Waals surface area contributed by atoms with Crippen molar-refractivity contribution in [2.24, 2.45) is 0 Å². The first-order chi connectivity index (χ1) is 12.1. The van der Waals surface area contributed by atoms with Gasteiger partial charge in [0.2, 0.25) is 5.91 Å². The Hall–Kier alpha value is -2.86. The largest absolute Gasteiger partial charge is 0.490 e. The van der Waals surface area contributed by atoms with Crippen molar-refractivity contribution in [3.63, 3.8) is 0 Å². The molecular formula is C19H19N3O3. The van der Waals surface area contributed by atoms with Crippen LogP contribution >= 0.6 is 0 Å². The van der Waals surface area contributed by atoms with Crippen molar-refractivity contribution in [3.8, 4) is 5.75 Å². The monoisotopic (exact) mass is 337 g/mol. The van der Waals surface area contributed by atoms with Gasteiger partial charge in [0.15, 0.2) is 0 Å². The van der Waals surface area contributed by atoms with E-state index in [2.05, 4.69) is 10.3 Å². The zero-order chi connectivity index (χ0) is 17.4. The molecule has 128 valence electrons. The van der Waals surface area contributed by atoms with E-state index in [1.165, 1.54) is 0 Å². The maximum absolute atomic E-state index is 12.6. The summed E-state index contributed by atoms with van der Waals surface area (Å²) in [6, 6.07) is 14.7. The van der Waals surface area contributed by atoms with Gasteiger partial charge in [0.1, 0.15) is 30.8 Å². The summed E-state index contributed by atoms with van der Waals surface area (Å²) in [5, 5.41) is 13.2. The van der Waals surface area contributed by atoms with E-state index in [4.69, 9.17) is 4.74 Å². The van der Waals surface area contributed by atoms with E-state index in [-0.39, 0.29) is 19.1 Å². The van der Waals surface area contributed by atoms with Crippen molar-refractivity contribution in [3.05, 3.63) is 59.9 Å². The molecule has 0 saturated heterocycles. The van der Waals surface area contributed by atoms with Gasteiger partial charge in [-0.1, -0.05) is 30.3 Å². The van der Waals surface area contributed by atoms with Crippen LogP contribution in [0.25, 0.3) is 11.0 Å². The molecule has 2 N–H and O–H groups in total. The maximum Gasteiger partial charge on any atom is 0.240 e. The number of para-hydroxylation sites is 3. The topological polar surface area (TPSA) is 76.4 Å². The number of carbonyl (C=O) groups is 1. The fourth-order valence-corrected chi connectivity index (χ4v) is 3.28. The second-order valence-corrected chi connectivity index (χ2v) is 6.20. The Labute approximate surface area is 145 Å². The lowest BCUT2D eigenvalue weighted by Gasteiger charge is -2.31. The predicted octanol–water partition coefficient (Wildman–Crippen LogP) is 1.96. The number of ether oxygens (including phenoxy) is 1. The molecule has 1 aromatic heterocycles. The summed E-state index contributed by atoms with van der Waals surface area (Å²) >= 11 is 0. The van der Waals surface area contributed by atoms with E-state index in [1.54, 1.807) is 0 Å². The van der Waals surface area contributed by atoms with Crippen LogP contribution in [0.3, 0.4) is 0 Å². The molecule has 6 heteroatoms. The van der Waals surface area contributed by atoms with Gasteiger partial charge in [0.25, 0.3) is 0 Å². The normalized spacial score (nSPS) is 19.3. The number of fused-ring (bicyclic) bond motifs is 2. The van der Waals surface area contributed by atoms with Crippen molar-refractivity contribution < 1.29 is 14.6 Å². The van der Waals surface area contributed by atoms with Crippen LogP contribution in [0, 0.1) is 6.92 Å². The highest BCUT2D eigenvalue weighted by molar-refractivity contribution is 5.81. The molecule has 0 fully saturated rings. The third-order valence-corrected chi connectivity index (χ3v) is 4.51. The Morgan fingerprint density at radius 3 is 2.92 bits per heavy atom. The average molecular weight is 337 g/mol. The predicted molar refractivity (Wildman–Crippen MR) is 93.3 cm³/mol. The number of aryl methyl sites for hydroxylation is 1. The third kappa shape index (κ3) is 2.85. The van der Waals surface area contributed by atoms with E-state index in [0.29, 0.717) is 5.75 Å². The third-order valence-electron chi connectivity index (χ3n) is 4.51. The molecule has 25 heavy (non-hydrogen) atoms. The number of amides is 1. The van der Waals surface area contributed by atoms with Crippen molar-refractivity contribution in [1.29, 1.82) is 0 Å². The highest BCUT2D eigenvalue weighted by Gasteiger charge is 2.30. The van der Waals surface area contributed by atoms with Gasteiger partial charge >= 0.3 is 0 Å². The van der Waals surface area contributed by atoms with Gasteiger partial charge in [-0.05, 0) is 25.1 Å². The molecule has 4 rings (SSSR count). The van der Waals surface area contributed by atoms with E-state index in [1.807, 2.05) is 60.0 Å². The highest BCUT2D eigenvalue weighted by Crippen LogP contribution is 2.31. The summed E-state index contributed by atoms with van der Waals surface area (Å²) in [7, 11) is 0. The van der Waals surface area contributed by atoms with Gasteiger partial charge in [-0.2, -0.15) is 0 Å². The molecule has 2 aromatic carbocycles. The number of imidazole rings is 1. The van der Waals surface area contributed by atoms with Crippen LogP contribution < -0.4 is 10.1 Å². The number of aromatic nitrogens is 2. The number of carbonyl (C=O) groups excluding carboxylic acids is 1. The molecular weight excluding hydrogens is 318 g/mol. The van der Waals surface area contributed by atoms with Gasteiger partial charge in [-0.15, -0.1) is 0 Å². The summed E-state index contributed by atoms with van der Waals surface area (Å²) in [6.07, 6.45) is -0.778. The first kappa shape index (κ1) is 15.7. The molecule has 0 spiro atoms. The van der Waals surface area contributed by atoms with Crippen molar-refractivity contribution in [1.82, 2.24) is 14.9 Å². The Kier molecular flexibility index (Phi) is 3.89. The lowest BCUT2D eigenvalue weighted by Crippen LogP contribution is -2.43. The van der Waals surface area contributed by atoms with Crippen molar-refractivity contribution >= 4 is 16.9 Å². The van der Waals surface area contributed by atoms with Crippen LogP contribution in [0.2, 0.25) is 0 Å². The molecule has 0 bridgehead atoms. The molecule has 1 aliphatic rings. The van der Waals surface area contributed by atoms with E-state index < -0.39 is 12.1 Å². The van der Waals surface area contributed by atoms with E-state index >= 15 is 0 Å². The van der Waals surface area contributed by atoms with E-state index in [0.717, 1.165) is 22.4 Å². The fraction of sp³-hybridized carbons (Fsp3) is 0.263. The van der Waals surface area contributed by atoms with Gasteiger partial charge in [0, 0.05) is 5.56 Å². The van der Waals surface area contributed by atoms with Crippen LogP contribution in [0.1, 0.15) is 17.4 Å². The molecule has 0 aliphatic carbocycles. The molecule has 1 aliphatic heterocycles. The Morgan fingerprint density at radius 2 is 2.04 bits per heavy atom. The summed E-state index contributed by atoms with van der Waals surface area (Å²) in [4.78, 5) is 17.1. The minimum absolute atomic E-state index is 0.151. The second kappa shape index (κ2) is 6.22. The standard InChI is InChI=1S/C19H19N3O3/c1-12-20-14-7-3-4-8-15(14)22(12)10-18(24)21-19-13-6-2-5-9-17(13)25-11-16(19)23/h2-9,16,19,23H,10-11H2,1H3,(H,21,24)/t16-,19+/m1/s1. The molecule has 0 saturated carbocycles. The van der Waals surface area contributed by atoms with Crippen molar-refractivity contribution in [2.45, 2.75) is 25.6 Å². The summed E-state index contributed by atoms with van der Waals surface area (Å²) in [5.41, 5.74) is 2.58. The zero-order valence-electron chi connectivity index (χ0n) is 13.8. The van der Waals surface area contributed by atoms with Gasteiger partial charge in [-0.25, -0.2) is 4.98 Å². The minimum atomic E-state index is -0.778. The number of hydrogen-bond donors (Lipinski definition) is 2. The Bertz CT molecular complexity index is 935. The molecule has 2 heterocycles. The Morgan fingerprint density at radius 1 is 1.28 bits per heavy atom. The number of hydrogen-bond acceptors (Lipinski definition) is 4. The number of nitrogens with one attached hydrogen (secondary N) is 1. The van der Waals surface area contributed by atoms with Crippen molar-refractivity contribution in [2.75, 3.05) is 6.61 Å². The van der Waals surface area contributed by atoms with E-state index in [9.17, 15) is 9.90 Å². The van der Waals surface area contributed by atoms with Crippen LogP contribution in [0.5, 0.6) is 5.75 Å². The van der Waals surface area contributed by atoms with Crippen LogP contribution in [-0.4, -0.2) is 33.3 Å². The summed E-state index contributed by atoms with van der Waals surface area (Å²) in [6.45, 7) is 2.19. The number of benzene rings is 2. The smallest absolute Gasteiger partial charge is 0.240 e. The number of rotatable bonds is 3. The Balaban J connectivity index is 1.57. The van der Waals surface area contributed by atoms with Gasteiger partial charge < -0.3 is 19.7 Å². The first-order valence-electron chi connectivity index (χ1n) is 8.24. The molecule has 6 nitrogen and oxygen atoms in total. The lowest BCUT2D eigenvalue weighted by atomic mass is 9.98. The van der Waals surface area contributed by atoms with Crippen LogP contribution in [-0.2, 0) is 11.3 Å². The zero-order valence-corrected chi connectivity index (χ0v) is 13.8. The number of aliphatic hydroxyl groups is 1. The van der Waals surface area contributed by atoms with Crippen LogP contribution in [0.4, 0.5) is 0 Å². The highest BCUT2D eigenvalue weighted by atomic mass is 16.5. The maximum atomic E-state index is 12.6. The molecule has 1 amide bonds. The molecule has 2 atom stereocenters. The van der Waals surface area contributed by atoms with Gasteiger partial charge in [0.05, 0.1) is 17.1 Å². The van der Waals surface area contributed by atoms with Crippen LogP contribution in [0.15, 0.2) is 48.5 Å². The summed E-state index contributed by atoms with van der Waals surface area (Å²) < 4.78 is 7.39. The molecule has 0 radical (unpaired) electrons. The fourth-order valence-electron chi connectivity index (χ4n) is 3.28.